The summed E-state index contributed by atoms with van der Waals surface area (Å²) < 4.78 is 27.0. The lowest BCUT2D eigenvalue weighted by atomic mass is 10.3. The van der Waals surface area contributed by atoms with Crippen molar-refractivity contribution in [1.29, 1.82) is 5.26 Å². The van der Waals surface area contributed by atoms with E-state index in [0.717, 1.165) is 5.75 Å². The summed E-state index contributed by atoms with van der Waals surface area (Å²) in [6, 6.07) is 8.02. The Hall–Kier alpha value is -2.91. The number of benzene rings is 1. The van der Waals surface area contributed by atoms with Gasteiger partial charge in [0, 0.05) is 17.6 Å². The maximum atomic E-state index is 12.3. The minimum absolute atomic E-state index is 0.121. The first-order valence-corrected chi connectivity index (χ1v) is 9.46. The van der Waals surface area contributed by atoms with Crippen LogP contribution in [0.25, 0.3) is 5.57 Å². The highest BCUT2D eigenvalue weighted by Gasteiger charge is 2.18. The van der Waals surface area contributed by atoms with Gasteiger partial charge in [-0.3, -0.25) is 9.71 Å². The predicted octanol–water partition coefficient (Wildman–Crippen LogP) is 0.557. The molecule has 1 aliphatic heterocycles. The van der Waals surface area contributed by atoms with Gasteiger partial charge in [0.25, 0.3) is 10.0 Å². The summed E-state index contributed by atoms with van der Waals surface area (Å²) in [5, 5.41) is 25.5. The number of tetrazole rings is 1. The Morgan fingerprint density at radius 2 is 2.16 bits per heavy atom. The second-order valence-electron chi connectivity index (χ2n) is 4.71. The topological polar surface area (TPSA) is 149 Å². The van der Waals surface area contributed by atoms with Crippen molar-refractivity contribution in [2.75, 3.05) is 17.6 Å². The van der Waals surface area contributed by atoms with Crippen molar-refractivity contribution in [3.05, 3.63) is 36.3 Å². The number of hydrogen-bond acceptors (Lipinski definition) is 9. The molecule has 12 heteroatoms. The van der Waals surface area contributed by atoms with Crippen molar-refractivity contribution in [3.8, 4) is 6.07 Å². The molecule has 0 atom stereocenters. The van der Waals surface area contributed by atoms with Gasteiger partial charge in [-0.1, -0.05) is 11.8 Å². The van der Waals surface area contributed by atoms with Crippen molar-refractivity contribution >= 4 is 38.2 Å². The average molecular weight is 376 g/mol. The third kappa shape index (κ3) is 4.14. The molecule has 3 rings (SSSR count). The van der Waals surface area contributed by atoms with E-state index in [9.17, 15) is 8.42 Å². The molecule has 1 aromatic heterocycles. The SMILES string of the molecule is N#CC(=CNc1ccc(S(=O)(=O)NC2=NCCS2)cc1)c1nn[nH]n1. The van der Waals surface area contributed by atoms with Crippen LogP contribution in [0.15, 0.2) is 40.4 Å². The summed E-state index contributed by atoms with van der Waals surface area (Å²) in [6.07, 6.45) is 1.41. The molecule has 0 unspecified atom stereocenters. The van der Waals surface area contributed by atoms with Crippen LogP contribution in [0.1, 0.15) is 5.82 Å². The minimum Gasteiger partial charge on any atom is -0.360 e. The summed E-state index contributed by atoms with van der Waals surface area (Å²) in [4.78, 5) is 4.19. The third-order valence-electron chi connectivity index (χ3n) is 3.06. The monoisotopic (exact) mass is 376 g/mol. The summed E-state index contributed by atoms with van der Waals surface area (Å²) in [6.45, 7) is 0.610. The van der Waals surface area contributed by atoms with Gasteiger partial charge in [0.15, 0.2) is 5.17 Å². The Balaban J connectivity index is 1.71. The quantitative estimate of drug-likeness (QED) is 0.641. The number of sulfonamides is 1. The van der Waals surface area contributed by atoms with Gasteiger partial charge in [-0.2, -0.15) is 10.5 Å². The normalized spacial score (nSPS) is 14.7. The van der Waals surface area contributed by atoms with Crippen molar-refractivity contribution in [2.24, 2.45) is 4.99 Å². The molecule has 0 aliphatic carbocycles. The molecule has 1 aromatic carbocycles. The molecular weight excluding hydrogens is 364 g/mol. The highest BCUT2D eigenvalue weighted by molar-refractivity contribution is 8.15. The number of rotatable bonds is 5. The fourth-order valence-corrected chi connectivity index (χ4v) is 3.91. The van der Waals surface area contributed by atoms with Gasteiger partial charge in [0.1, 0.15) is 11.6 Å². The smallest absolute Gasteiger partial charge is 0.263 e. The number of thioether (sulfide) groups is 1. The van der Waals surface area contributed by atoms with Crippen LogP contribution in [0.3, 0.4) is 0 Å². The molecule has 0 spiro atoms. The standard InChI is InChI=1S/C13H12N8O2S2/c14-7-9(12-17-20-21-18-12)8-16-10-1-3-11(4-2-10)25(22,23)19-13-15-5-6-24-13/h1-4,8,16H,5-6H2,(H,15,19)(H,17,18,20,21). The molecule has 2 heterocycles. The number of hydrogen-bond donors (Lipinski definition) is 3. The van der Waals surface area contributed by atoms with Crippen LogP contribution in [0.2, 0.25) is 0 Å². The number of amidine groups is 1. The van der Waals surface area contributed by atoms with Gasteiger partial charge in [0.2, 0.25) is 5.82 Å². The van der Waals surface area contributed by atoms with E-state index in [2.05, 4.69) is 35.7 Å². The van der Waals surface area contributed by atoms with Gasteiger partial charge in [-0.25, -0.2) is 8.42 Å². The number of H-pyrrole nitrogens is 1. The summed E-state index contributed by atoms with van der Waals surface area (Å²) in [5.41, 5.74) is 0.783. The van der Waals surface area contributed by atoms with Gasteiger partial charge in [-0.15, -0.1) is 10.2 Å². The van der Waals surface area contributed by atoms with Crippen molar-refractivity contribution in [3.63, 3.8) is 0 Å². The van der Waals surface area contributed by atoms with Crippen LogP contribution in [-0.4, -0.2) is 46.5 Å². The van der Waals surface area contributed by atoms with E-state index in [4.69, 9.17) is 5.26 Å². The molecule has 0 fully saturated rings. The molecule has 2 aromatic rings. The summed E-state index contributed by atoms with van der Waals surface area (Å²) in [7, 11) is -3.66. The molecular formula is C13H12N8O2S2. The number of aromatic amines is 1. The van der Waals surface area contributed by atoms with E-state index in [-0.39, 0.29) is 16.3 Å². The molecule has 0 saturated heterocycles. The number of nitrogens with zero attached hydrogens (tertiary/aromatic N) is 5. The first kappa shape index (κ1) is 16.9. The lowest BCUT2D eigenvalue weighted by Crippen LogP contribution is -2.27. The summed E-state index contributed by atoms with van der Waals surface area (Å²) in [5.74, 6) is 0.933. The third-order valence-corrected chi connectivity index (χ3v) is 5.44. The van der Waals surface area contributed by atoms with Crippen molar-refractivity contribution in [2.45, 2.75) is 4.90 Å². The minimum atomic E-state index is -3.66. The van der Waals surface area contributed by atoms with Gasteiger partial charge in [-0.05, 0) is 29.5 Å². The molecule has 0 bridgehead atoms. The highest BCUT2D eigenvalue weighted by Crippen LogP contribution is 2.17. The number of aromatic nitrogens is 4. The second-order valence-corrected chi connectivity index (χ2v) is 7.48. The van der Waals surface area contributed by atoms with Crippen LogP contribution in [0, 0.1) is 11.3 Å². The molecule has 0 saturated carbocycles. The molecule has 3 N–H and O–H groups in total. The Morgan fingerprint density at radius 3 is 2.76 bits per heavy atom. The van der Waals surface area contributed by atoms with Crippen molar-refractivity contribution in [1.82, 2.24) is 25.3 Å². The van der Waals surface area contributed by atoms with Gasteiger partial charge in [0.05, 0.1) is 11.4 Å². The zero-order valence-electron chi connectivity index (χ0n) is 12.7. The second kappa shape index (κ2) is 7.32. The predicted molar refractivity (Wildman–Crippen MR) is 92.9 cm³/mol. The molecule has 10 nitrogen and oxygen atoms in total. The average Bonchev–Trinajstić information content (AvgIpc) is 3.30. The number of anilines is 1. The molecule has 1 aliphatic rings. The van der Waals surface area contributed by atoms with E-state index >= 15 is 0 Å². The molecule has 0 radical (unpaired) electrons. The Labute approximate surface area is 147 Å². The van der Waals surface area contributed by atoms with Crippen LogP contribution in [0.4, 0.5) is 5.69 Å². The van der Waals surface area contributed by atoms with Gasteiger partial charge < -0.3 is 5.32 Å². The number of allylic oxidation sites excluding steroid dienone is 1. The van der Waals surface area contributed by atoms with E-state index in [1.165, 1.54) is 30.1 Å². The Kier molecular flexibility index (Phi) is 4.96. The Bertz CT molecular complexity index is 943. The van der Waals surface area contributed by atoms with Crippen LogP contribution >= 0.6 is 11.8 Å². The lowest BCUT2D eigenvalue weighted by Gasteiger charge is -2.08. The Morgan fingerprint density at radius 1 is 1.36 bits per heavy atom. The first-order chi connectivity index (χ1) is 12.1. The van der Waals surface area contributed by atoms with E-state index in [0.29, 0.717) is 17.4 Å². The molecule has 0 amide bonds. The fraction of sp³-hybridized carbons (Fsp3) is 0.154. The van der Waals surface area contributed by atoms with E-state index < -0.39 is 10.0 Å². The van der Waals surface area contributed by atoms with Crippen molar-refractivity contribution < 1.29 is 8.42 Å². The van der Waals surface area contributed by atoms with E-state index in [1.54, 1.807) is 12.1 Å². The lowest BCUT2D eigenvalue weighted by molar-refractivity contribution is 0.593. The first-order valence-electron chi connectivity index (χ1n) is 6.99. The largest absolute Gasteiger partial charge is 0.360 e. The van der Waals surface area contributed by atoms with Gasteiger partial charge >= 0.3 is 0 Å². The maximum absolute atomic E-state index is 12.3. The molecule has 128 valence electrons. The molecule has 25 heavy (non-hydrogen) atoms. The zero-order chi connectivity index (χ0) is 17.7. The summed E-state index contributed by atoms with van der Waals surface area (Å²) >= 11 is 1.37. The van der Waals surface area contributed by atoms with E-state index in [1.807, 2.05) is 6.07 Å². The highest BCUT2D eigenvalue weighted by atomic mass is 32.2. The number of nitriles is 1. The maximum Gasteiger partial charge on any atom is 0.263 e. The van der Waals surface area contributed by atoms with Crippen LogP contribution in [0.5, 0.6) is 0 Å². The number of aliphatic imine (C=N–C) groups is 1. The van der Waals surface area contributed by atoms with Crippen LogP contribution in [-0.2, 0) is 10.0 Å². The fourth-order valence-electron chi connectivity index (χ4n) is 1.88. The zero-order valence-corrected chi connectivity index (χ0v) is 14.3. The van der Waals surface area contributed by atoms with Crippen LogP contribution < -0.4 is 10.0 Å². The number of nitrogens with one attached hydrogen (secondary N) is 3.